The molecule has 1 heterocycles. The molecule has 0 aliphatic heterocycles. The van der Waals surface area contributed by atoms with Crippen molar-refractivity contribution in [3.05, 3.63) is 28.9 Å². The van der Waals surface area contributed by atoms with E-state index in [1.54, 1.807) is 6.07 Å². The predicted molar refractivity (Wildman–Crippen MR) is 47.0 cm³/mol. The molecule has 0 bridgehead atoms. The second-order valence-electron chi connectivity index (χ2n) is 2.50. The van der Waals surface area contributed by atoms with Crippen LogP contribution in [0.25, 0.3) is 10.9 Å². The molecule has 0 unspecified atom stereocenters. The number of aromatic amines is 1. The summed E-state index contributed by atoms with van der Waals surface area (Å²) in [5.74, 6) is 0. The lowest BCUT2D eigenvalue weighted by molar-refractivity contribution is 0.278. The van der Waals surface area contributed by atoms with Crippen LogP contribution in [0.5, 0.6) is 0 Å². The van der Waals surface area contributed by atoms with Crippen LogP contribution in [-0.2, 0) is 6.61 Å². The third-order valence-corrected chi connectivity index (χ3v) is 2.08. The highest BCUT2D eigenvalue weighted by atomic mass is 35.5. The molecule has 0 fully saturated rings. The van der Waals surface area contributed by atoms with Crippen LogP contribution in [0.3, 0.4) is 0 Å². The van der Waals surface area contributed by atoms with Crippen molar-refractivity contribution in [2.24, 2.45) is 0 Å². The SMILES string of the molecule is OCc1[nH]nc2c(Cl)cccc12. The van der Waals surface area contributed by atoms with Gasteiger partial charge < -0.3 is 5.11 Å². The van der Waals surface area contributed by atoms with E-state index < -0.39 is 0 Å². The number of rotatable bonds is 1. The molecule has 0 saturated heterocycles. The summed E-state index contributed by atoms with van der Waals surface area (Å²) in [4.78, 5) is 0. The number of para-hydroxylation sites is 1. The van der Waals surface area contributed by atoms with Gasteiger partial charge in [-0.05, 0) is 6.07 Å². The first-order chi connectivity index (χ1) is 5.83. The second kappa shape index (κ2) is 2.77. The molecular weight excluding hydrogens is 176 g/mol. The molecule has 12 heavy (non-hydrogen) atoms. The van der Waals surface area contributed by atoms with Crippen LogP contribution in [0.4, 0.5) is 0 Å². The summed E-state index contributed by atoms with van der Waals surface area (Å²) in [5.41, 5.74) is 1.41. The summed E-state index contributed by atoms with van der Waals surface area (Å²) in [5, 5.41) is 17.1. The van der Waals surface area contributed by atoms with Gasteiger partial charge in [-0.3, -0.25) is 5.10 Å². The highest BCUT2D eigenvalue weighted by Gasteiger charge is 2.05. The second-order valence-corrected chi connectivity index (χ2v) is 2.90. The van der Waals surface area contributed by atoms with E-state index in [1.165, 1.54) is 0 Å². The minimum Gasteiger partial charge on any atom is -0.390 e. The molecule has 0 radical (unpaired) electrons. The topological polar surface area (TPSA) is 48.9 Å². The predicted octanol–water partition coefficient (Wildman–Crippen LogP) is 1.71. The van der Waals surface area contributed by atoms with Crippen molar-refractivity contribution < 1.29 is 5.11 Å². The number of halogens is 1. The smallest absolute Gasteiger partial charge is 0.111 e. The first-order valence-corrected chi connectivity index (χ1v) is 3.93. The van der Waals surface area contributed by atoms with Gasteiger partial charge in [-0.2, -0.15) is 5.10 Å². The van der Waals surface area contributed by atoms with Gasteiger partial charge in [0, 0.05) is 5.39 Å². The van der Waals surface area contributed by atoms with Crippen LogP contribution in [0, 0.1) is 0 Å². The minimum absolute atomic E-state index is 0.0448. The van der Waals surface area contributed by atoms with E-state index in [0.717, 1.165) is 5.39 Å². The lowest BCUT2D eigenvalue weighted by atomic mass is 10.2. The molecule has 4 heteroatoms. The Labute approximate surface area is 74.0 Å². The summed E-state index contributed by atoms with van der Waals surface area (Å²) in [7, 11) is 0. The molecule has 2 aromatic rings. The van der Waals surface area contributed by atoms with Crippen molar-refractivity contribution in [3.63, 3.8) is 0 Å². The molecule has 0 aliphatic rings. The summed E-state index contributed by atoms with van der Waals surface area (Å²) >= 11 is 5.86. The van der Waals surface area contributed by atoms with E-state index in [-0.39, 0.29) is 6.61 Å². The van der Waals surface area contributed by atoms with Crippen molar-refractivity contribution in [1.29, 1.82) is 0 Å². The summed E-state index contributed by atoms with van der Waals surface area (Å²) < 4.78 is 0. The minimum atomic E-state index is -0.0448. The number of nitrogens with zero attached hydrogens (tertiary/aromatic N) is 1. The number of aromatic nitrogens is 2. The number of hydrogen-bond acceptors (Lipinski definition) is 2. The highest BCUT2D eigenvalue weighted by Crippen LogP contribution is 2.23. The quantitative estimate of drug-likeness (QED) is 0.706. The first kappa shape index (κ1) is 7.58. The van der Waals surface area contributed by atoms with Crippen molar-refractivity contribution in [1.82, 2.24) is 10.2 Å². The lowest BCUT2D eigenvalue weighted by Gasteiger charge is -1.91. The average molecular weight is 183 g/mol. The van der Waals surface area contributed by atoms with Gasteiger partial charge in [0.2, 0.25) is 0 Å². The number of aliphatic hydroxyl groups excluding tert-OH is 1. The van der Waals surface area contributed by atoms with Gasteiger partial charge in [-0.1, -0.05) is 23.7 Å². The van der Waals surface area contributed by atoms with Crippen LogP contribution in [0.2, 0.25) is 5.02 Å². The van der Waals surface area contributed by atoms with Gasteiger partial charge in [-0.25, -0.2) is 0 Å². The van der Waals surface area contributed by atoms with E-state index in [4.69, 9.17) is 16.7 Å². The van der Waals surface area contributed by atoms with Crippen molar-refractivity contribution in [3.8, 4) is 0 Å². The standard InChI is InChI=1S/C8H7ClN2O/c9-6-3-1-2-5-7(4-12)10-11-8(5)6/h1-3,12H,4H2,(H,10,11). The number of H-pyrrole nitrogens is 1. The highest BCUT2D eigenvalue weighted by molar-refractivity contribution is 6.35. The molecule has 0 amide bonds. The number of hydrogen-bond donors (Lipinski definition) is 2. The zero-order valence-electron chi connectivity index (χ0n) is 6.21. The molecule has 62 valence electrons. The number of fused-ring (bicyclic) bond motifs is 1. The van der Waals surface area contributed by atoms with Crippen LogP contribution in [0.1, 0.15) is 5.69 Å². The van der Waals surface area contributed by atoms with Crippen LogP contribution >= 0.6 is 11.6 Å². The van der Waals surface area contributed by atoms with Gasteiger partial charge >= 0.3 is 0 Å². The summed E-state index contributed by atoms with van der Waals surface area (Å²) in [6.45, 7) is -0.0448. The normalized spacial score (nSPS) is 10.8. The Morgan fingerprint density at radius 3 is 3.08 bits per heavy atom. The van der Waals surface area contributed by atoms with E-state index in [9.17, 15) is 0 Å². The molecule has 0 spiro atoms. The zero-order chi connectivity index (χ0) is 8.55. The maximum absolute atomic E-state index is 8.90. The van der Waals surface area contributed by atoms with Crippen LogP contribution in [0.15, 0.2) is 18.2 Å². The van der Waals surface area contributed by atoms with Crippen molar-refractivity contribution in [2.75, 3.05) is 0 Å². The van der Waals surface area contributed by atoms with Crippen LogP contribution in [-0.4, -0.2) is 15.3 Å². The Morgan fingerprint density at radius 2 is 2.33 bits per heavy atom. The maximum Gasteiger partial charge on any atom is 0.111 e. The van der Waals surface area contributed by atoms with Crippen molar-refractivity contribution >= 4 is 22.5 Å². The fourth-order valence-corrected chi connectivity index (χ4v) is 1.39. The lowest BCUT2D eigenvalue weighted by Crippen LogP contribution is -1.81. The molecule has 0 atom stereocenters. The van der Waals surface area contributed by atoms with Gasteiger partial charge in [-0.15, -0.1) is 0 Å². The first-order valence-electron chi connectivity index (χ1n) is 3.55. The van der Waals surface area contributed by atoms with Gasteiger partial charge in [0.15, 0.2) is 0 Å². The molecule has 1 aromatic heterocycles. The third kappa shape index (κ3) is 0.983. The number of benzene rings is 1. The van der Waals surface area contributed by atoms with E-state index in [1.807, 2.05) is 12.1 Å². The Bertz CT molecular complexity index is 410. The van der Waals surface area contributed by atoms with E-state index in [2.05, 4.69) is 10.2 Å². The molecule has 0 saturated carbocycles. The monoisotopic (exact) mass is 182 g/mol. The Balaban J connectivity index is 2.80. The fraction of sp³-hybridized carbons (Fsp3) is 0.125. The Morgan fingerprint density at radius 1 is 1.50 bits per heavy atom. The summed E-state index contributed by atoms with van der Waals surface area (Å²) in [6.07, 6.45) is 0. The maximum atomic E-state index is 8.90. The molecule has 2 N–H and O–H groups in total. The number of nitrogens with one attached hydrogen (secondary N) is 1. The fourth-order valence-electron chi connectivity index (χ4n) is 1.18. The largest absolute Gasteiger partial charge is 0.390 e. The third-order valence-electron chi connectivity index (χ3n) is 1.77. The Hall–Kier alpha value is -1.06. The van der Waals surface area contributed by atoms with E-state index in [0.29, 0.717) is 16.2 Å². The van der Waals surface area contributed by atoms with Crippen LogP contribution < -0.4 is 0 Å². The number of aliphatic hydroxyl groups is 1. The van der Waals surface area contributed by atoms with Gasteiger partial charge in [0.25, 0.3) is 0 Å². The van der Waals surface area contributed by atoms with E-state index >= 15 is 0 Å². The molecule has 2 rings (SSSR count). The Kier molecular flexibility index (Phi) is 1.75. The molecule has 0 aliphatic carbocycles. The van der Waals surface area contributed by atoms with Gasteiger partial charge in [0.05, 0.1) is 17.3 Å². The average Bonchev–Trinajstić information content (AvgIpc) is 2.49. The van der Waals surface area contributed by atoms with Crippen molar-refractivity contribution in [2.45, 2.75) is 6.61 Å². The molecule has 3 nitrogen and oxygen atoms in total. The van der Waals surface area contributed by atoms with Gasteiger partial charge in [0.1, 0.15) is 5.52 Å². The zero-order valence-corrected chi connectivity index (χ0v) is 6.97. The molecular formula is C8H7ClN2O. The molecule has 1 aromatic carbocycles. The summed E-state index contributed by atoms with van der Waals surface area (Å²) in [6, 6.07) is 5.47.